The van der Waals surface area contributed by atoms with Gasteiger partial charge in [-0.2, -0.15) is 0 Å². The zero-order valence-corrected chi connectivity index (χ0v) is 9.17. The second-order valence-corrected chi connectivity index (χ2v) is 4.32. The van der Waals surface area contributed by atoms with Gasteiger partial charge in [0.1, 0.15) is 6.61 Å². The SMILES string of the molecule is CC(=O)OCc1cc(CCl)sc1C. The molecule has 4 heteroatoms. The molecule has 0 N–H and O–H groups in total. The number of hydrogen-bond acceptors (Lipinski definition) is 3. The maximum absolute atomic E-state index is 10.6. The van der Waals surface area contributed by atoms with Crippen LogP contribution in [0.4, 0.5) is 0 Å². The monoisotopic (exact) mass is 218 g/mol. The average molecular weight is 219 g/mol. The Hall–Kier alpha value is -0.540. The summed E-state index contributed by atoms with van der Waals surface area (Å²) in [6.45, 7) is 3.76. The number of hydrogen-bond donors (Lipinski definition) is 0. The quantitative estimate of drug-likeness (QED) is 0.576. The van der Waals surface area contributed by atoms with Crippen LogP contribution in [0.5, 0.6) is 0 Å². The van der Waals surface area contributed by atoms with Crippen molar-refractivity contribution in [2.75, 3.05) is 0 Å². The Kier molecular flexibility index (Phi) is 3.75. The normalized spacial score (nSPS) is 10.1. The van der Waals surface area contributed by atoms with Gasteiger partial charge in [-0.3, -0.25) is 4.79 Å². The van der Waals surface area contributed by atoms with E-state index < -0.39 is 0 Å². The van der Waals surface area contributed by atoms with Crippen LogP contribution in [0.1, 0.15) is 22.2 Å². The molecule has 0 bridgehead atoms. The summed E-state index contributed by atoms with van der Waals surface area (Å²) in [6, 6.07) is 1.98. The first-order chi connectivity index (χ1) is 6.13. The molecule has 2 nitrogen and oxygen atoms in total. The first kappa shape index (κ1) is 10.5. The van der Waals surface area contributed by atoms with Gasteiger partial charge in [-0.1, -0.05) is 0 Å². The molecule has 72 valence electrons. The Labute approximate surface area is 86.5 Å². The maximum Gasteiger partial charge on any atom is 0.302 e. The molecule has 0 saturated heterocycles. The van der Waals surface area contributed by atoms with Crippen molar-refractivity contribution in [1.82, 2.24) is 0 Å². The fourth-order valence-corrected chi connectivity index (χ4v) is 2.11. The van der Waals surface area contributed by atoms with Crippen LogP contribution in [0.2, 0.25) is 0 Å². The van der Waals surface area contributed by atoms with Crippen LogP contribution in [0.3, 0.4) is 0 Å². The minimum Gasteiger partial charge on any atom is -0.461 e. The van der Waals surface area contributed by atoms with E-state index in [1.807, 2.05) is 13.0 Å². The average Bonchev–Trinajstić information content (AvgIpc) is 2.43. The molecule has 0 aliphatic heterocycles. The molecular weight excluding hydrogens is 208 g/mol. The molecule has 1 aromatic rings. The Morgan fingerprint density at radius 1 is 1.69 bits per heavy atom. The Morgan fingerprint density at radius 2 is 2.38 bits per heavy atom. The lowest BCUT2D eigenvalue weighted by molar-refractivity contribution is -0.142. The summed E-state index contributed by atoms with van der Waals surface area (Å²) in [4.78, 5) is 12.8. The molecule has 0 spiro atoms. The van der Waals surface area contributed by atoms with Gasteiger partial charge in [0, 0.05) is 22.2 Å². The van der Waals surface area contributed by atoms with Crippen LogP contribution >= 0.6 is 22.9 Å². The van der Waals surface area contributed by atoms with E-state index in [1.165, 1.54) is 6.92 Å². The first-order valence-electron chi connectivity index (χ1n) is 3.91. The van der Waals surface area contributed by atoms with E-state index in [9.17, 15) is 4.79 Å². The third-order valence-electron chi connectivity index (χ3n) is 1.63. The van der Waals surface area contributed by atoms with E-state index in [1.54, 1.807) is 11.3 Å². The van der Waals surface area contributed by atoms with Gasteiger partial charge in [0.05, 0.1) is 5.88 Å². The van der Waals surface area contributed by atoms with E-state index in [-0.39, 0.29) is 5.97 Å². The minimum atomic E-state index is -0.252. The molecule has 13 heavy (non-hydrogen) atoms. The summed E-state index contributed by atoms with van der Waals surface area (Å²) in [5.74, 6) is 0.268. The largest absolute Gasteiger partial charge is 0.461 e. The summed E-state index contributed by atoms with van der Waals surface area (Å²) in [6.07, 6.45) is 0. The number of ether oxygens (including phenoxy) is 1. The lowest BCUT2D eigenvalue weighted by Gasteiger charge is -1.99. The number of aryl methyl sites for hydroxylation is 1. The van der Waals surface area contributed by atoms with Gasteiger partial charge in [-0.05, 0) is 13.0 Å². The Balaban J connectivity index is 2.65. The van der Waals surface area contributed by atoms with Crippen LogP contribution in [0.15, 0.2) is 6.07 Å². The number of carbonyl (C=O) groups is 1. The van der Waals surface area contributed by atoms with Crippen molar-refractivity contribution in [3.8, 4) is 0 Å². The van der Waals surface area contributed by atoms with Crippen LogP contribution in [-0.2, 0) is 22.0 Å². The zero-order chi connectivity index (χ0) is 9.84. The van der Waals surface area contributed by atoms with Gasteiger partial charge in [-0.15, -0.1) is 22.9 Å². The van der Waals surface area contributed by atoms with Crippen molar-refractivity contribution in [2.24, 2.45) is 0 Å². The van der Waals surface area contributed by atoms with E-state index in [2.05, 4.69) is 0 Å². The number of rotatable bonds is 3. The van der Waals surface area contributed by atoms with Crippen molar-refractivity contribution in [3.63, 3.8) is 0 Å². The highest BCUT2D eigenvalue weighted by Crippen LogP contribution is 2.23. The highest BCUT2D eigenvalue weighted by Gasteiger charge is 2.05. The van der Waals surface area contributed by atoms with Crippen molar-refractivity contribution >= 4 is 28.9 Å². The fraction of sp³-hybridized carbons (Fsp3) is 0.444. The molecule has 0 aromatic carbocycles. The molecule has 1 rings (SSSR count). The highest BCUT2D eigenvalue weighted by atomic mass is 35.5. The summed E-state index contributed by atoms with van der Waals surface area (Å²) in [7, 11) is 0. The van der Waals surface area contributed by atoms with Crippen molar-refractivity contribution in [1.29, 1.82) is 0 Å². The third kappa shape index (κ3) is 3.01. The van der Waals surface area contributed by atoms with E-state index in [0.29, 0.717) is 12.5 Å². The summed E-state index contributed by atoms with van der Waals surface area (Å²) >= 11 is 7.32. The van der Waals surface area contributed by atoms with Gasteiger partial charge in [-0.25, -0.2) is 0 Å². The number of carbonyl (C=O) groups excluding carboxylic acids is 1. The summed E-state index contributed by atoms with van der Waals surface area (Å²) in [5, 5.41) is 0. The van der Waals surface area contributed by atoms with Crippen LogP contribution in [-0.4, -0.2) is 5.97 Å². The Morgan fingerprint density at radius 3 is 2.85 bits per heavy atom. The molecule has 0 fully saturated rings. The lowest BCUT2D eigenvalue weighted by atomic mass is 10.3. The van der Waals surface area contributed by atoms with E-state index >= 15 is 0 Å². The molecule has 0 aliphatic rings. The number of halogens is 1. The number of alkyl halides is 1. The predicted molar refractivity (Wildman–Crippen MR) is 54.1 cm³/mol. The molecular formula is C9H11ClO2S. The van der Waals surface area contributed by atoms with Gasteiger partial charge in [0.15, 0.2) is 0 Å². The summed E-state index contributed by atoms with van der Waals surface area (Å²) in [5.41, 5.74) is 1.05. The molecule has 1 aromatic heterocycles. The molecule has 0 amide bonds. The second-order valence-electron chi connectivity index (χ2n) is 2.71. The first-order valence-corrected chi connectivity index (χ1v) is 5.26. The highest BCUT2D eigenvalue weighted by molar-refractivity contribution is 7.12. The van der Waals surface area contributed by atoms with Gasteiger partial charge < -0.3 is 4.74 Å². The van der Waals surface area contributed by atoms with Crippen molar-refractivity contribution in [2.45, 2.75) is 26.3 Å². The van der Waals surface area contributed by atoms with Crippen LogP contribution < -0.4 is 0 Å². The van der Waals surface area contributed by atoms with Crippen molar-refractivity contribution in [3.05, 3.63) is 21.4 Å². The van der Waals surface area contributed by atoms with Gasteiger partial charge in [0.25, 0.3) is 0 Å². The van der Waals surface area contributed by atoms with Gasteiger partial charge in [0.2, 0.25) is 0 Å². The number of esters is 1. The molecule has 1 heterocycles. The lowest BCUT2D eigenvalue weighted by Crippen LogP contribution is -1.98. The smallest absolute Gasteiger partial charge is 0.302 e. The Bertz CT molecular complexity index is 307. The zero-order valence-electron chi connectivity index (χ0n) is 7.59. The number of thiophene rings is 1. The second kappa shape index (κ2) is 4.63. The standard InChI is InChI=1S/C9H11ClO2S/c1-6-8(5-12-7(2)11)3-9(4-10)13-6/h3H,4-5H2,1-2H3. The van der Waals surface area contributed by atoms with Crippen LogP contribution in [0.25, 0.3) is 0 Å². The van der Waals surface area contributed by atoms with E-state index in [0.717, 1.165) is 15.3 Å². The molecule has 0 radical (unpaired) electrons. The topological polar surface area (TPSA) is 26.3 Å². The van der Waals surface area contributed by atoms with Crippen molar-refractivity contribution < 1.29 is 9.53 Å². The molecule has 0 atom stereocenters. The van der Waals surface area contributed by atoms with E-state index in [4.69, 9.17) is 16.3 Å². The van der Waals surface area contributed by atoms with Gasteiger partial charge >= 0.3 is 5.97 Å². The molecule has 0 saturated carbocycles. The molecule has 0 aliphatic carbocycles. The third-order valence-corrected chi connectivity index (χ3v) is 3.17. The maximum atomic E-state index is 10.6. The fourth-order valence-electron chi connectivity index (χ4n) is 0.976. The molecule has 0 unspecified atom stereocenters. The minimum absolute atomic E-state index is 0.252. The predicted octanol–water partition coefficient (Wildman–Crippen LogP) is 2.86. The summed E-state index contributed by atoms with van der Waals surface area (Å²) < 4.78 is 4.89. The van der Waals surface area contributed by atoms with Crippen LogP contribution in [0, 0.1) is 6.92 Å².